The molecule has 3 nitrogen and oxygen atoms in total. The van der Waals surface area contributed by atoms with E-state index < -0.39 is 12.2 Å². The Hall–Kier alpha value is -1.68. The fraction of sp³-hybridized carbons (Fsp3) is 0.400. The molecule has 0 heterocycles. The van der Waals surface area contributed by atoms with E-state index in [4.69, 9.17) is 0 Å². The molecule has 3 heteroatoms. The van der Waals surface area contributed by atoms with Crippen molar-refractivity contribution in [1.82, 2.24) is 4.90 Å². The van der Waals surface area contributed by atoms with Gasteiger partial charge in [-0.1, -0.05) is 48.5 Å². The molecule has 0 aromatic heterocycles. The highest BCUT2D eigenvalue weighted by Gasteiger charge is 2.31. The Morgan fingerprint density at radius 1 is 1.00 bits per heavy atom. The number of fused-ring (bicyclic) bond motifs is 2. The van der Waals surface area contributed by atoms with Gasteiger partial charge in [-0.3, -0.25) is 0 Å². The maximum absolute atomic E-state index is 11.0. The van der Waals surface area contributed by atoms with Gasteiger partial charge in [-0.2, -0.15) is 0 Å². The van der Waals surface area contributed by atoms with Crippen LogP contribution in [-0.4, -0.2) is 41.9 Å². The van der Waals surface area contributed by atoms with Crippen LogP contribution in [0.1, 0.15) is 40.7 Å². The monoisotopic (exact) mass is 311 g/mol. The van der Waals surface area contributed by atoms with Gasteiger partial charge in [0.25, 0.3) is 0 Å². The zero-order valence-corrected chi connectivity index (χ0v) is 13.8. The molecule has 0 amide bonds. The molecule has 1 aliphatic carbocycles. The fourth-order valence-electron chi connectivity index (χ4n) is 3.68. The molecule has 1 aliphatic rings. The summed E-state index contributed by atoms with van der Waals surface area (Å²) in [5, 5.41) is 21.4. The number of aliphatic hydroxyl groups is 2. The minimum atomic E-state index is -0.577. The number of hydrogen-bond donors (Lipinski definition) is 2. The van der Waals surface area contributed by atoms with Gasteiger partial charge in [0.15, 0.2) is 0 Å². The van der Waals surface area contributed by atoms with Crippen LogP contribution in [0.4, 0.5) is 0 Å². The maximum Gasteiger partial charge on any atom is 0.0862 e. The zero-order valence-electron chi connectivity index (χ0n) is 13.8. The molecule has 122 valence electrons. The number of likely N-dealkylation sites (N-methyl/N-ethyl adjacent to an activating group) is 1. The van der Waals surface area contributed by atoms with E-state index in [0.717, 1.165) is 17.5 Å². The van der Waals surface area contributed by atoms with Gasteiger partial charge in [0.1, 0.15) is 0 Å². The summed E-state index contributed by atoms with van der Waals surface area (Å²) in [5.41, 5.74) is 4.58. The molecule has 0 bridgehead atoms. The molecule has 2 N–H and O–H groups in total. The van der Waals surface area contributed by atoms with Crippen molar-refractivity contribution in [2.75, 3.05) is 20.6 Å². The van der Waals surface area contributed by atoms with Crippen LogP contribution in [0.5, 0.6) is 0 Å². The molecule has 0 saturated heterocycles. The quantitative estimate of drug-likeness (QED) is 0.912. The Balaban J connectivity index is 1.99. The first-order valence-electron chi connectivity index (χ1n) is 8.22. The lowest BCUT2D eigenvalue weighted by molar-refractivity contribution is 0.0788. The van der Waals surface area contributed by atoms with Crippen LogP contribution < -0.4 is 0 Å². The number of nitrogens with zero attached hydrogens (tertiary/aromatic N) is 1. The summed E-state index contributed by atoms with van der Waals surface area (Å²) in [6, 6.07) is 16.4. The van der Waals surface area contributed by atoms with Gasteiger partial charge in [0, 0.05) is 12.5 Å². The van der Waals surface area contributed by atoms with Crippen molar-refractivity contribution < 1.29 is 10.2 Å². The van der Waals surface area contributed by atoms with Gasteiger partial charge in [-0.15, -0.1) is 0 Å². The van der Waals surface area contributed by atoms with E-state index in [1.54, 1.807) is 0 Å². The van der Waals surface area contributed by atoms with E-state index >= 15 is 0 Å². The smallest absolute Gasteiger partial charge is 0.0862 e. The van der Waals surface area contributed by atoms with Crippen LogP contribution in [-0.2, 0) is 6.42 Å². The Morgan fingerprint density at radius 3 is 2.22 bits per heavy atom. The van der Waals surface area contributed by atoms with Gasteiger partial charge in [0.05, 0.1) is 12.2 Å². The van der Waals surface area contributed by atoms with Gasteiger partial charge in [-0.05, 0) is 49.2 Å². The lowest BCUT2D eigenvalue weighted by Gasteiger charge is -2.27. The molecule has 0 aliphatic heterocycles. The maximum atomic E-state index is 11.0. The van der Waals surface area contributed by atoms with E-state index in [9.17, 15) is 10.2 Å². The van der Waals surface area contributed by atoms with Crippen molar-refractivity contribution in [2.24, 2.45) is 0 Å². The molecule has 0 unspecified atom stereocenters. The molecule has 3 atom stereocenters. The van der Waals surface area contributed by atoms with Gasteiger partial charge in [-0.25, -0.2) is 0 Å². The zero-order chi connectivity index (χ0) is 16.4. The first-order valence-corrected chi connectivity index (χ1v) is 8.22. The Kier molecular flexibility index (Phi) is 4.81. The first kappa shape index (κ1) is 16.2. The van der Waals surface area contributed by atoms with Crippen LogP contribution in [0.2, 0.25) is 0 Å². The molecular weight excluding hydrogens is 286 g/mol. The Bertz CT molecular complexity index is 668. The molecule has 3 rings (SSSR count). The number of benzene rings is 2. The van der Waals surface area contributed by atoms with Crippen molar-refractivity contribution in [3.8, 4) is 0 Å². The third-order valence-corrected chi connectivity index (χ3v) is 4.69. The molecule has 0 saturated carbocycles. The molecule has 2 aromatic carbocycles. The molecular formula is C20H25NO2. The van der Waals surface area contributed by atoms with E-state index in [0.29, 0.717) is 13.0 Å². The number of aliphatic hydroxyl groups excluding tert-OH is 2. The predicted octanol–water partition coefficient (Wildman–Crippen LogP) is 2.72. The van der Waals surface area contributed by atoms with Crippen molar-refractivity contribution in [2.45, 2.75) is 31.0 Å². The van der Waals surface area contributed by atoms with Crippen LogP contribution in [0, 0.1) is 0 Å². The molecule has 2 aromatic rings. The van der Waals surface area contributed by atoms with Crippen molar-refractivity contribution in [3.05, 3.63) is 70.8 Å². The van der Waals surface area contributed by atoms with Gasteiger partial charge in [0.2, 0.25) is 0 Å². The SMILES string of the molecule is CN(C)C[C@@H](O)C[C@@H]1c2ccccc2Cc2ccccc2[C@H]1O. The molecule has 23 heavy (non-hydrogen) atoms. The minimum Gasteiger partial charge on any atom is -0.392 e. The van der Waals surface area contributed by atoms with Gasteiger partial charge < -0.3 is 15.1 Å². The fourth-order valence-corrected chi connectivity index (χ4v) is 3.68. The van der Waals surface area contributed by atoms with E-state index in [1.807, 2.05) is 49.3 Å². The number of rotatable bonds is 4. The van der Waals surface area contributed by atoms with Crippen molar-refractivity contribution >= 4 is 0 Å². The lowest BCUT2D eigenvalue weighted by atomic mass is 9.84. The normalized spacial score (nSPS) is 21.4. The third kappa shape index (κ3) is 3.47. The highest BCUT2D eigenvalue weighted by Crippen LogP contribution is 2.41. The second-order valence-corrected chi connectivity index (χ2v) is 6.78. The Morgan fingerprint density at radius 2 is 1.57 bits per heavy atom. The van der Waals surface area contributed by atoms with Crippen LogP contribution in [0.25, 0.3) is 0 Å². The molecule has 0 radical (unpaired) electrons. The lowest BCUT2D eigenvalue weighted by Crippen LogP contribution is -2.28. The summed E-state index contributed by atoms with van der Waals surface area (Å²) >= 11 is 0. The average molecular weight is 311 g/mol. The highest BCUT2D eigenvalue weighted by atomic mass is 16.3. The predicted molar refractivity (Wildman–Crippen MR) is 92.6 cm³/mol. The standard InChI is InChI=1S/C20H25NO2/c1-21(2)13-16(22)12-19-17-9-5-3-7-14(17)11-15-8-4-6-10-18(15)20(19)23/h3-10,16,19-20,22-23H,11-13H2,1-2H3/t16-,19+,20+/m0/s1. The minimum absolute atomic E-state index is 0.0789. The highest BCUT2D eigenvalue weighted by molar-refractivity contribution is 5.44. The summed E-state index contributed by atoms with van der Waals surface area (Å²) < 4.78 is 0. The topological polar surface area (TPSA) is 43.7 Å². The summed E-state index contributed by atoms with van der Waals surface area (Å²) in [7, 11) is 3.91. The van der Waals surface area contributed by atoms with Crippen molar-refractivity contribution in [1.29, 1.82) is 0 Å². The summed E-state index contributed by atoms with van der Waals surface area (Å²) in [5.74, 6) is -0.0789. The second-order valence-electron chi connectivity index (χ2n) is 6.78. The van der Waals surface area contributed by atoms with Crippen molar-refractivity contribution in [3.63, 3.8) is 0 Å². The summed E-state index contributed by atoms with van der Waals surface area (Å²) in [6.45, 7) is 0.604. The van der Waals surface area contributed by atoms with Crippen LogP contribution >= 0.6 is 0 Å². The third-order valence-electron chi connectivity index (χ3n) is 4.69. The summed E-state index contributed by atoms with van der Waals surface area (Å²) in [4.78, 5) is 1.98. The molecule has 0 spiro atoms. The molecule has 0 fully saturated rings. The first-order chi connectivity index (χ1) is 11.1. The van der Waals surface area contributed by atoms with E-state index in [1.165, 1.54) is 11.1 Å². The number of hydrogen-bond acceptors (Lipinski definition) is 3. The van der Waals surface area contributed by atoms with Crippen LogP contribution in [0.15, 0.2) is 48.5 Å². The second kappa shape index (κ2) is 6.83. The van der Waals surface area contributed by atoms with E-state index in [2.05, 4.69) is 18.2 Å². The average Bonchev–Trinajstić information content (AvgIpc) is 2.63. The van der Waals surface area contributed by atoms with Gasteiger partial charge >= 0.3 is 0 Å². The largest absolute Gasteiger partial charge is 0.392 e. The van der Waals surface area contributed by atoms with Crippen LogP contribution in [0.3, 0.4) is 0 Å². The summed E-state index contributed by atoms with van der Waals surface area (Å²) in [6.07, 6.45) is 0.364. The Labute approximate surface area is 138 Å². The van der Waals surface area contributed by atoms with E-state index in [-0.39, 0.29) is 5.92 Å².